The number of rotatable bonds is 7. The number of carbonyl (C=O) groups excluding carboxylic acids is 2. The molecule has 0 aromatic carbocycles. The van der Waals surface area contributed by atoms with E-state index in [1.165, 1.54) is 51.4 Å². The average molecular weight is 304 g/mol. The molecule has 0 bridgehead atoms. The molecule has 122 valence electrons. The third-order valence-electron chi connectivity index (χ3n) is 5.71. The SMILES string of the molecule is O=C=NCCCC(C1CCCCC1)C1CCC(N=C=O)CC1. The van der Waals surface area contributed by atoms with Crippen LogP contribution in [-0.4, -0.2) is 24.7 Å². The lowest BCUT2D eigenvalue weighted by molar-refractivity contribution is 0.128. The van der Waals surface area contributed by atoms with Crippen LogP contribution < -0.4 is 0 Å². The summed E-state index contributed by atoms with van der Waals surface area (Å²) in [6, 6.07) is 0.209. The van der Waals surface area contributed by atoms with Crippen molar-refractivity contribution in [3.63, 3.8) is 0 Å². The van der Waals surface area contributed by atoms with Gasteiger partial charge in [0.1, 0.15) is 0 Å². The van der Waals surface area contributed by atoms with E-state index in [1.54, 1.807) is 12.2 Å². The van der Waals surface area contributed by atoms with Crippen LogP contribution in [0.2, 0.25) is 0 Å². The lowest BCUT2D eigenvalue weighted by Crippen LogP contribution is -2.30. The normalized spacial score (nSPS) is 27.5. The van der Waals surface area contributed by atoms with Crippen molar-refractivity contribution >= 4 is 12.2 Å². The molecular weight excluding hydrogens is 276 g/mol. The van der Waals surface area contributed by atoms with Crippen LogP contribution in [-0.2, 0) is 9.59 Å². The molecule has 2 fully saturated rings. The molecule has 0 N–H and O–H groups in total. The zero-order chi connectivity index (χ0) is 15.6. The van der Waals surface area contributed by atoms with Crippen molar-refractivity contribution in [2.24, 2.45) is 27.7 Å². The minimum Gasteiger partial charge on any atom is -0.211 e. The molecule has 2 saturated carbocycles. The Morgan fingerprint density at radius 3 is 2.18 bits per heavy atom. The highest BCUT2D eigenvalue weighted by Crippen LogP contribution is 2.42. The summed E-state index contributed by atoms with van der Waals surface area (Å²) >= 11 is 0. The van der Waals surface area contributed by atoms with E-state index in [1.807, 2.05) is 0 Å². The number of isocyanates is 2. The van der Waals surface area contributed by atoms with Crippen molar-refractivity contribution in [2.45, 2.75) is 76.7 Å². The van der Waals surface area contributed by atoms with Crippen LogP contribution in [0.25, 0.3) is 0 Å². The quantitative estimate of drug-likeness (QED) is 0.402. The Labute approximate surface area is 133 Å². The van der Waals surface area contributed by atoms with E-state index in [0.29, 0.717) is 6.54 Å². The number of hydrogen-bond acceptors (Lipinski definition) is 4. The second-order valence-corrected chi connectivity index (χ2v) is 6.97. The van der Waals surface area contributed by atoms with E-state index in [9.17, 15) is 9.59 Å². The van der Waals surface area contributed by atoms with Gasteiger partial charge in [0.15, 0.2) is 0 Å². The molecule has 2 aliphatic rings. The van der Waals surface area contributed by atoms with E-state index < -0.39 is 0 Å². The van der Waals surface area contributed by atoms with Gasteiger partial charge in [-0.15, -0.1) is 0 Å². The summed E-state index contributed by atoms with van der Waals surface area (Å²) < 4.78 is 0. The number of hydrogen-bond donors (Lipinski definition) is 0. The molecule has 22 heavy (non-hydrogen) atoms. The fourth-order valence-corrected chi connectivity index (χ4v) is 4.60. The lowest BCUT2D eigenvalue weighted by Gasteiger charge is -2.39. The minimum atomic E-state index is 0.209. The predicted molar refractivity (Wildman–Crippen MR) is 86.2 cm³/mol. The Balaban J connectivity index is 1.91. The molecule has 2 rings (SSSR count). The Bertz CT molecular complexity index is 411. The summed E-state index contributed by atoms with van der Waals surface area (Å²) in [7, 11) is 0. The molecule has 0 aromatic heterocycles. The summed E-state index contributed by atoms with van der Waals surface area (Å²) in [5.41, 5.74) is 0. The first kappa shape index (κ1) is 17.1. The highest BCUT2D eigenvalue weighted by atomic mass is 16.1. The van der Waals surface area contributed by atoms with E-state index >= 15 is 0 Å². The van der Waals surface area contributed by atoms with Crippen molar-refractivity contribution in [2.75, 3.05) is 6.54 Å². The molecule has 0 spiro atoms. The Hall–Kier alpha value is -1.24. The molecule has 0 aliphatic heterocycles. The van der Waals surface area contributed by atoms with Gasteiger partial charge in [0.2, 0.25) is 12.2 Å². The third-order valence-corrected chi connectivity index (χ3v) is 5.71. The molecule has 2 aliphatic carbocycles. The molecule has 0 heterocycles. The van der Waals surface area contributed by atoms with Crippen LogP contribution in [0.4, 0.5) is 0 Å². The van der Waals surface area contributed by atoms with Gasteiger partial charge in [-0.25, -0.2) is 19.6 Å². The zero-order valence-corrected chi connectivity index (χ0v) is 13.5. The monoisotopic (exact) mass is 304 g/mol. The second kappa shape index (κ2) is 9.71. The van der Waals surface area contributed by atoms with Crippen LogP contribution in [0.5, 0.6) is 0 Å². The zero-order valence-electron chi connectivity index (χ0n) is 13.5. The summed E-state index contributed by atoms with van der Waals surface area (Å²) in [6.45, 7) is 0.623. The van der Waals surface area contributed by atoms with Crippen LogP contribution in [0.15, 0.2) is 9.98 Å². The molecule has 1 atom stereocenters. The summed E-state index contributed by atoms with van der Waals surface area (Å²) in [6.07, 6.45) is 16.9. The first-order chi connectivity index (χ1) is 10.8. The summed E-state index contributed by atoms with van der Waals surface area (Å²) in [5, 5.41) is 0. The van der Waals surface area contributed by atoms with Gasteiger partial charge in [-0.05, 0) is 56.3 Å². The van der Waals surface area contributed by atoms with Crippen LogP contribution in [0, 0.1) is 17.8 Å². The van der Waals surface area contributed by atoms with Crippen molar-refractivity contribution in [1.82, 2.24) is 0 Å². The smallest absolute Gasteiger partial charge is 0.211 e. The predicted octanol–water partition coefficient (Wildman–Crippen LogP) is 4.19. The molecule has 1 unspecified atom stereocenters. The van der Waals surface area contributed by atoms with Gasteiger partial charge in [0.25, 0.3) is 0 Å². The first-order valence-electron chi connectivity index (χ1n) is 8.95. The highest BCUT2D eigenvalue weighted by molar-refractivity contribution is 5.33. The summed E-state index contributed by atoms with van der Waals surface area (Å²) in [4.78, 5) is 28.2. The van der Waals surface area contributed by atoms with E-state index in [2.05, 4.69) is 9.98 Å². The molecule has 0 aromatic rings. The fourth-order valence-electron chi connectivity index (χ4n) is 4.60. The first-order valence-corrected chi connectivity index (χ1v) is 8.95. The van der Waals surface area contributed by atoms with Gasteiger partial charge in [-0.2, -0.15) is 0 Å². The number of aliphatic imine (C=N–C) groups is 2. The maximum Gasteiger partial charge on any atom is 0.235 e. The Morgan fingerprint density at radius 1 is 0.864 bits per heavy atom. The molecule has 0 amide bonds. The Kier molecular flexibility index (Phi) is 7.56. The van der Waals surface area contributed by atoms with Gasteiger partial charge in [-0.3, -0.25) is 0 Å². The molecule has 0 radical (unpaired) electrons. The van der Waals surface area contributed by atoms with Gasteiger partial charge < -0.3 is 0 Å². The standard InChI is InChI=1S/C18H28N2O2/c21-13-19-12-4-7-18(15-5-2-1-3-6-15)16-8-10-17(11-9-16)20-14-22/h15-18H,1-12H2. The summed E-state index contributed by atoms with van der Waals surface area (Å²) in [5.74, 6) is 2.38. The van der Waals surface area contributed by atoms with Gasteiger partial charge in [-0.1, -0.05) is 32.1 Å². The van der Waals surface area contributed by atoms with Crippen molar-refractivity contribution in [3.05, 3.63) is 0 Å². The topological polar surface area (TPSA) is 58.9 Å². The van der Waals surface area contributed by atoms with E-state index in [4.69, 9.17) is 0 Å². The second-order valence-electron chi connectivity index (χ2n) is 6.97. The molecule has 4 nitrogen and oxygen atoms in total. The van der Waals surface area contributed by atoms with Crippen molar-refractivity contribution < 1.29 is 9.59 Å². The molecule has 0 saturated heterocycles. The largest absolute Gasteiger partial charge is 0.235 e. The maximum atomic E-state index is 10.4. The van der Waals surface area contributed by atoms with Gasteiger partial charge >= 0.3 is 0 Å². The van der Waals surface area contributed by atoms with Crippen LogP contribution in [0.1, 0.15) is 70.6 Å². The molecular formula is C18H28N2O2. The number of nitrogens with zero attached hydrogens (tertiary/aromatic N) is 2. The maximum absolute atomic E-state index is 10.4. The Morgan fingerprint density at radius 2 is 1.55 bits per heavy atom. The average Bonchev–Trinajstić information content (AvgIpc) is 2.57. The van der Waals surface area contributed by atoms with E-state index in [0.717, 1.165) is 37.0 Å². The van der Waals surface area contributed by atoms with Crippen LogP contribution >= 0.6 is 0 Å². The van der Waals surface area contributed by atoms with Gasteiger partial charge in [0.05, 0.1) is 12.6 Å². The van der Waals surface area contributed by atoms with Crippen molar-refractivity contribution in [1.29, 1.82) is 0 Å². The fraction of sp³-hybridized carbons (Fsp3) is 0.889. The molecule has 4 heteroatoms. The van der Waals surface area contributed by atoms with E-state index in [-0.39, 0.29) is 6.04 Å². The highest BCUT2D eigenvalue weighted by Gasteiger charge is 2.32. The lowest BCUT2D eigenvalue weighted by atomic mass is 9.67. The van der Waals surface area contributed by atoms with Gasteiger partial charge in [0, 0.05) is 0 Å². The van der Waals surface area contributed by atoms with Crippen LogP contribution in [0.3, 0.4) is 0 Å². The minimum absolute atomic E-state index is 0.209. The van der Waals surface area contributed by atoms with Crippen molar-refractivity contribution in [3.8, 4) is 0 Å². The third kappa shape index (κ3) is 5.19.